The van der Waals surface area contributed by atoms with E-state index in [9.17, 15) is 8.78 Å². The summed E-state index contributed by atoms with van der Waals surface area (Å²) < 4.78 is 33.9. The molecular weight excluding hydrogens is 328 g/mol. The first-order valence-corrected chi connectivity index (χ1v) is 7.89. The highest BCUT2D eigenvalue weighted by atomic mass is 79.9. The SMILES string of the molecule is CCOC1CC(Nc2c(F)cc(Br)cc2F)C12CCC2. The summed E-state index contributed by atoms with van der Waals surface area (Å²) in [7, 11) is 0. The van der Waals surface area contributed by atoms with E-state index in [1.54, 1.807) is 0 Å². The van der Waals surface area contributed by atoms with E-state index in [4.69, 9.17) is 4.74 Å². The van der Waals surface area contributed by atoms with Crippen LogP contribution in [-0.4, -0.2) is 18.8 Å². The second kappa shape index (κ2) is 5.26. The van der Waals surface area contributed by atoms with Gasteiger partial charge in [0.2, 0.25) is 0 Å². The van der Waals surface area contributed by atoms with E-state index in [0.29, 0.717) is 11.1 Å². The predicted molar refractivity (Wildman–Crippen MR) is 77.8 cm³/mol. The van der Waals surface area contributed by atoms with E-state index in [-0.39, 0.29) is 23.2 Å². The van der Waals surface area contributed by atoms with Crippen LogP contribution in [-0.2, 0) is 4.74 Å². The number of nitrogens with one attached hydrogen (secondary N) is 1. The molecule has 1 aromatic rings. The third kappa shape index (κ3) is 2.15. The van der Waals surface area contributed by atoms with Crippen LogP contribution in [0, 0.1) is 17.0 Å². The molecule has 0 aromatic heterocycles. The minimum Gasteiger partial charge on any atom is -0.378 e. The van der Waals surface area contributed by atoms with Gasteiger partial charge in [0.15, 0.2) is 0 Å². The maximum atomic E-state index is 13.9. The van der Waals surface area contributed by atoms with Crippen LogP contribution in [0.3, 0.4) is 0 Å². The second-order valence-corrected chi connectivity index (χ2v) is 6.62. The van der Waals surface area contributed by atoms with Gasteiger partial charge in [0.05, 0.1) is 6.10 Å². The van der Waals surface area contributed by atoms with Gasteiger partial charge < -0.3 is 10.1 Å². The van der Waals surface area contributed by atoms with Crippen LogP contribution in [0.1, 0.15) is 32.6 Å². The van der Waals surface area contributed by atoms with Gasteiger partial charge in [-0.3, -0.25) is 0 Å². The fourth-order valence-corrected chi connectivity index (χ4v) is 3.90. The van der Waals surface area contributed by atoms with Crippen molar-refractivity contribution in [2.45, 2.75) is 44.8 Å². The molecule has 2 fully saturated rings. The van der Waals surface area contributed by atoms with E-state index >= 15 is 0 Å². The molecule has 2 atom stereocenters. The maximum absolute atomic E-state index is 13.9. The Morgan fingerprint density at radius 3 is 2.50 bits per heavy atom. The summed E-state index contributed by atoms with van der Waals surface area (Å²) in [5, 5.41) is 3.07. The van der Waals surface area contributed by atoms with Crippen molar-refractivity contribution < 1.29 is 13.5 Å². The van der Waals surface area contributed by atoms with E-state index in [0.717, 1.165) is 19.3 Å². The van der Waals surface area contributed by atoms with Crippen LogP contribution in [0.25, 0.3) is 0 Å². The Balaban J connectivity index is 1.76. The van der Waals surface area contributed by atoms with E-state index in [1.807, 2.05) is 6.92 Å². The fraction of sp³-hybridized carbons (Fsp3) is 0.600. The van der Waals surface area contributed by atoms with Crippen molar-refractivity contribution in [3.63, 3.8) is 0 Å². The van der Waals surface area contributed by atoms with Crippen molar-refractivity contribution in [1.82, 2.24) is 0 Å². The molecule has 110 valence electrons. The van der Waals surface area contributed by atoms with Crippen LogP contribution < -0.4 is 5.32 Å². The first kappa shape index (κ1) is 14.3. The molecule has 20 heavy (non-hydrogen) atoms. The molecular formula is C15H18BrF2NO. The van der Waals surface area contributed by atoms with E-state index in [2.05, 4.69) is 21.2 Å². The van der Waals surface area contributed by atoms with Gasteiger partial charge >= 0.3 is 0 Å². The zero-order chi connectivity index (χ0) is 14.3. The zero-order valence-electron chi connectivity index (χ0n) is 11.4. The zero-order valence-corrected chi connectivity index (χ0v) is 13.0. The molecule has 5 heteroatoms. The number of hydrogen-bond acceptors (Lipinski definition) is 2. The lowest BCUT2D eigenvalue weighted by Crippen LogP contribution is -2.64. The average molecular weight is 346 g/mol. The minimum atomic E-state index is -0.550. The summed E-state index contributed by atoms with van der Waals surface area (Å²) in [6.07, 6.45) is 4.39. The van der Waals surface area contributed by atoms with Gasteiger partial charge in [-0.1, -0.05) is 22.4 Å². The molecule has 1 N–H and O–H groups in total. The van der Waals surface area contributed by atoms with Crippen LogP contribution in [0.2, 0.25) is 0 Å². The molecule has 2 aliphatic rings. The molecule has 2 nitrogen and oxygen atoms in total. The van der Waals surface area contributed by atoms with Gasteiger partial charge in [0, 0.05) is 22.5 Å². The summed E-state index contributed by atoms with van der Waals surface area (Å²) in [5.74, 6) is -1.10. The Hall–Kier alpha value is -0.680. The molecule has 2 aliphatic carbocycles. The average Bonchev–Trinajstić information content (AvgIpc) is 2.28. The molecule has 3 rings (SSSR count). The monoisotopic (exact) mass is 345 g/mol. The number of anilines is 1. The lowest BCUT2D eigenvalue weighted by atomic mass is 9.51. The van der Waals surface area contributed by atoms with Gasteiger partial charge in [-0.05, 0) is 38.3 Å². The molecule has 0 radical (unpaired) electrons. The van der Waals surface area contributed by atoms with Crippen molar-refractivity contribution in [2.75, 3.05) is 11.9 Å². The van der Waals surface area contributed by atoms with Crippen molar-refractivity contribution in [1.29, 1.82) is 0 Å². The number of benzene rings is 1. The van der Waals surface area contributed by atoms with Crippen molar-refractivity contribution in [3.8, 4) is 0 Å². The molecule has 2 unspecified atom stereocenters. The third-order valence-electron chi connectivity index (χ3n) is 4.76. The molecule has 0 heterocycles. The largest absolute Gasteiger partial charge is 0.378 e. The van der Waals surface area contributed by atoms with Gasteiger partial charge in [-0.25, -0.2) is 8.78 Å². The topological polar surface area (TPSA) is 21.3 Å². The molecule has 0 bridgehead atoms. The van der Waals surface area contributed by atoms with Gasteiger partial charge in [0.25, 0.3) is 0 Å². The van der Waals surface area contributed by atoms with Crippen LogP contribution in [0.5, 0.6) is 0 Å². The molecule has 0 aliphatic heterocycles. The van der Waals surface area contributed by atoms with Gasteiger partial charge in [-0.2, -0.15) is 0 Å². The second-order valence-electron chi connectivity index (χ2n) is 5.71. The van der Waals surface area contributed by atoms with Crippen LogP contribution in [0.15, 0.2) is 16.6 Å². The number of halogens is 3. The minimum absolute atomic E-state index is 0.0144. The number of rotatable bonds is 4. The summed E-state index contributed by atoms with van der Waals surface area (Å²) in [5.41, 5.74) is 0.0709. The molecule has 2 saturated carbocycles. The predicted octanol–water partition coefficient (Wildman–Crippen LogP) is 4.49. The lowest BCUT2D eigenvalue weighted by Gasteiger charge is -2.61. The molecule has 0 amide bonds. The van der Waals surface area contributed by atoms with Gasteiger partial charge in [-0.15, -0.1) is 0 Å². The Labute approximate surface area is 126 Å². The molecule has 1 spiro atoms. The van der Waals surface area contributed by atoms with Crippen LogP contribution in [0.4, 0.5) is 14.5 Å². The highest BCUT2D eigenvalue weighted by Crippen LogP contribution is 2.58. The lowest BCUT2D eigenvalue weighted by molar-refractivity contribution is -0.157. The Morgan fingerprint density at radius 1 is 1.35 bits per heavy atom. The Morgan fingerprint density at radius 2 is 2.00 bits per heavy atom. The summed E-state index contributed by atoms with van der Waals surface area (Å²) in [4.78, 5) is 0. The summed E-state index contributed by atoms with van der Waals surface area (Å²) in [6.45, 7) is 2.68. The normalized spacial score (nSPS) is 27.0. The fourth-order valence-electron chi connectivity index (χ4n) is 3.50. The molecule has 0 saturated heterocycles. The number of hydrogen-bond donors (Lipinski definition) is 1. The van der Waals surface area contributed by atoms with Crippen molar-refractivity contribution >= 4 is 21.6 Å². The van der Waals surface area contributed by atoms with Crippen LogP contribution >= 0.6 is 15.9 Å². The summed E-state index contributed by atoms with van der Waals surface area (Å²) in [6, 6.07) is 2.69. The number of ether oxygens (including phenoxy) is 1. The van der Waals surface area contributed by atoms with Crippen molar-refractivity contribution in [2.24, 2.45) is 5.41 Å². The first-order chi connectivity index (χ1) is 9.56. The highest BCUT2D eigenvalue weighted by Gasteiger charge is 2.59. The van der Waals surface area contributed by atoms with Gasteiger partial charge in [0.1, 0.15) is 17.3 Å². The maximum Gasteiger partial charge on any atom is 0.150 e. The standard InChI is InChI=1S/C15H18BrF2NO/c1-2-20-13-8-12(15(13)4-3-5-15)19-14-10(17)6-9(16)7-11(14)18/h6-7,12-13,19H,2-5,8H2,1H3. The third-order valence-corrected chi connectivity index (χ3v) is 5.22. The Kier molecular flexibility index (Phi) is 3.75. The molecule has 1 aromatic carbocycles. The first-order valence-electron chi connectivity index (χ1n) is 7.09. The summed E-state index contributed by atoms with van der Waals surface area (Å²) >= 11 is 3.09. The quantitative estimate of drug-likeness (QED) is 0.868. The van der Waals surface area contributed by atoms with Crippen molar-refractivity contribution in [3.05, 3.63) is 28.2 Å². The highest BCUT2D eigenvalue weighted by molar-refractivity contribution is 9.10. The van der Waals surface area contributed by atoms with E-state index < -0.39 is 11.6 Å². The Bertz CT molecular complexity index is 496. The van der Waals surface area contributed by atoms with E-state index in [1.165, 1.54) is 18.6 Å². The smallest absolute Gasteiger partial charge is 0.150 e.